The molecule has 0 radical (unpaired) electrons. The van der Waals surface area contributed by atoms with Gasteiger partial charge in [-0.25, -0.2) is 4.98 Å². The van der Waals surface area contributed by atoms with Crippen LogP contribution in [0.1, 0.15) is 19.8 Å². The molecule has 1 aromatic heterocycles. The van der Waals surface area contributed by atoms with Crippen LogP contribution in [0.2, 0.25) is 0 Å². The van der Waals surface area contributed by atoms with E-state index in [9.17, 15) is 0 Å². The summed E-state index contributed by atoms with van der Waals surface area (Å²) >= 11 is 0. The number of aliphatic imine (C=N–C) groups is 1. The maximum absolute atomic E-state index is 5.98. The third-order valence-electron chi connectivity index (χ3n) is 4.69. The van der Waals surface area contributed by atoms with Crippen molar-refractivity contribution in [2.75, 3.05) is 46.3 Å². The normalized spacial score (nSPS) is 25.2. The number of hydrogen-bond acceptors (Lipinski definition) is 4. The van der Waals surface area contributed by atoms with E-state index in [1.54, 1.807) is 6.20 Å². The molecule has 6 heteroatoms. The minimum Gasteiger partial charge on any atom is -0.472 e. The van der Waals surface area contributed by atoms with Crippen LogP contribution in [0.15, 0.2) is 29.4 Å². The molecule has 2 unspecified atom stereocenters. The molecule has 2 aliphatic heterocycles. The van der Waals surface area contributed by atoms with Gasteiger partial charge in [-0.3, -0.25) is 4.99 Å². The number of pyridine rings is 1. The highest BCUT2D eigenvalue weighted by Gasteiger charge is 2.27. The number of aromatic nitrogens is 1. The van der Waals surface area contributed by atoms with E-state index in [0.29, 0.717) is 11.8 Å². The standard InChI is InChI=1S/C18H29N5O/c1-3-19-18(21-12-15-7-10-22(2)13-15)23-11-8-16(14-23)24-17-6-4-5-9-20-17/h4-6,9,15-16H,3,7-8,10-14H2,1-2H3,(H,19,21). The van der Waals surface area contributed by atoms with E-state index in [1.165, 1.54) is 13.0 Å². The lowest BCUT2D eigenvalue weighted by Gasteiger charge is -2.22. The maximum atomic E-state index is 5.98. The van der Waals surface area contributed by atoms with Gasteiger partial charge >= 0.3 is 0 Å². The van der Waals surface area contributed by atoms with Crippen molar-refractivity contribution >= 4 is 5.96 Å². The number of guanidine groups is 1. The van der Waals surface area contributed by atoms with Crippen molar-refractivity contribution in [1.82, 2.24) is 20.1 Å². The summed E-state index contributed by atoms with van der Waals surface area (Å²) in [4.78, 5) is 13.8. The van der Waals surface area contributed by atoms with E-state index >= 15 is 0 Å². The van der Waals surface area contributed by atoms with Crippen LogP contribution in [0, 0.1) is 5.92 Å². The zero-order chi connectivity index (χ0) is 16.8. The minimum atomic E-state index is 0.182. The molecule has 2 atom stereocenters. The summed E-state index contributed by atoms with van der Waals surface area (Å²) < 4.78 is 5.98. The van der Waals surface area contributed by atoms with Crippen molar-refractivity contribution in [2.45, 2.75) is 25.9 Å². The van der Waals surface area contributed by atoms with Crippen molar-refractivity contribution in [1.29, 1.82) is 0 Å². The number of ether oxygens (including phenoxy) is 1. The zero-order valence-corrected chi connectivity index (χ0v) is 14.8. The topological polar surface area (TPSA) is 53.0 Å². The Labute approximate surface area is 144 Å². The second kappa shape index (κ2) is 8.33. The van der Waals surface area contributed by atoms with Gasteiger partial charge in [0.05, 0.1) is 6.54 Å². The number of nitrogens with one attached hydrogen (secondary N) is 1. The molecule has 132 valence electrons. The molecule has 0 spiro atoms. The molecule has 0 aliphatic carbocycles. The molecule has 0 aromatic carbocycles. The molecule has 3 heterocycles. The van der Waals surface area contributed by atoms with Crippen LogP contribution < -0.4 is 10.1 Å². The summed E-state index contributed by atoms with van der Waals surface area (Å²) in [5.41, 5.74) is 0. The van der Waals surface area contributed by atoms with Gasteiger partial charge in [0, 0.05) is 44.9 Å². The molecule has 0 amide bonds. The molecule has 6 nitrogen and oxygen atoms in total. The Morgan fingerprint density at radius 1 is 1.33 bits per heavy atom. The Balaban J connectivity index is 1.54. The molecule has 1 N–H and O–H groups in total. The lowest BCUT2D eigenvalue weighted by atomic mass is 10.1. The summed E-state index contributed by atoms with van der Waals surface area (Å²) in [5.74, 6) is 2.42. The van der Waals surface area contributed by atoms with Crippen molar-refractivity contribution in [3.63, 3.8) is 0 Å². The Morgan fingerprint density at radius 3 is 2.96 bits per heavy atom. The van der Waals surface area contributed by atoms with E-state index in [4.69, 9.17) is 9.73 Å². The number of nitrogens with zero attached hydrogens (tertiary/aromatic N) is 4. The van der Waals surface area contributed by atoms with Crippen molar-refractivity contribution in [3.05, 3.63) is 24.4 Å². The monoisotopic (exact) mass is 331 g/mol. The van der Waals surface area contributed by atoms with Gasteiger partial charge in [0.25, 0.3) is 0 Å². The fourth-order valence-corrected chi connectivity index (χ4v) is 3.42. The fraction of sp³-hybridized carbons (Fsp3) is 0.667. The van der Waals surface area contributed by atoms with E-state index in [-0.39, 0.29) is 6.10 Å². The Morgan fingerprint density at radius 2 is 2.25 bits per heavy atom. The summed E-state index contributed by atoms with van der Waals surface area (Å²) in [7, 11) is 2.19. The van der Waals surface area contributed by atoms with Crippen LogP contribution in [0.5, 0.6) is 5.88 Å². The van der Waals surface area contributed by atoms with Gasteiger partial charge in [-0.15, -0.1) is 0 Å². The van der Waals surface area contributed by atoms with Crippen LogP contribution >= 0.6 is 0 Å². The average Bonchev–Trinajstić information content (AvgIpc) is 3.22. The van der Waals surface area contributed by atoms with Gasteiger partial charge in [0.2, 0.25) is 5.88 Å². The first-order valence-corrected chi connectivity index (χ1v) is 9.04. The molecule has 24 heavy (non-hydrogen) atoms. The maximum Gasteiger partial charge on any atom is 0.213 e. The fourth-order valence-electron chi connectivity index (χ4n) is 3.42. The van der Waals surface area contributed by atoms with Crippen molar-refractivity contribution in [3.8, 4) is 5.88 Å². The lowest BCUT2D eigenvalue weighted by molar-refractivity contribution is 0.205. The van der Waals surface area contributed by atoms with E-state index in [0.717, 1.165) is 45.1 Å². The highest BCUT2D eigenvalue weighted by Crippen LogP contribution is 2.17. The van der Waals surface area contributed by atoms with Crippen LogP contribution in [-0.2, 0) is 0 Å². The van der Waals surface area contributed by atoms with Crippen LogP contribution in [0.3, 0.4) is 0 Å². The quantitative estimate of drug-likeness (QED) is 0.654. The van der Waals surface area contributed by atoms with Crippen molar-refractivity contribution < 1.29 is 4.74 Å². The molecule has 3 rings (SSSR count). The third kappa shape index (κ3) is 4.60. The summed E-state index contributed by atoms with van der Waals surface area (Å²) in [6, 6.07) is 5.78. The Kier molecular flexibility index (Phi) is 5.91. The summed E-state index contributed by atoms with van der Waals surface area (Å²) in [6.45, 7) is 8.13. The number of rotatable bonds is 5. The van der Waals surface area contributed by atoms with Gasteiger partial charge in [0.1, 0.15) is 6.10 Å². The zero-order valence-electron chi connectivity index (χ0n) is 14.8. The summed E-state index contributed by atoms with van der Waals surface area (Å²) in [5, 5.41) is 3.44. The first-order valence-electron chi connectivity index (χ1n) is 9.04. The number of hydrogen-bond donors (Lipinski definition) is 1. The molecular formula is C18H29N5O. The van der Waals surface area contributed by atoms with Gasteiger partial charge in [-0.2, -0.15) is 0 Å². The SMILES string of the molecule is CCNC(=NCC1CCN(C)C1)N1CCC(Oc2ccccn2)C1. The van der Waals surface area contributed by atoms with E-state index < -0.39 is 0 Å². The van der Waals surface area contributed by atoms with Gasteiger partial charge in [0.15, 0.2) is 5.96 Å². The molecule has 2 fully saturated rings. The van der Waals surface area contributed by atoms with Crippen LogP contribution in [-0.4, -0.2) is 73.2 Å². The second-order valence-corrected chi connectivity index (χ2v) is 6.75. The van der Waals surface area contributed by atoms with Crippen LogP contribution in [0.4, 0.5) is 0 Å². The molecule has 2 saturated heterocycles. The van der Waals surface area contributed by atoms with E-state index in [1.807, 2.05) is 18.2 Å². The van der Waals surface area contributed by atoms with Gasteiger partial charge < -0.3 is 19.9 Å². The first-order chi connectivity index (χ1) is 11.7. The number of likely N-dealkylation sites (tertiary alicyclic amines) is 2. The molecule has 1 aromatic rings. The van der Waals surface area contributed by atoms with Gasteiger partial charge in [-0.05, 0) is 38.9 Å². The molecule has 0 bridgehead atoms. The minimum absolute atomic E-state index is 0.182. The van der Waals surface area contributed by atoms with Gasteiger partial charge in [-0.1, -0.05) is 6.07 Å². The Hall–Kier alpha value is -1.82. The average molecular weight is 331 g/mol. The lowest BCUT2D eigenvalue weighted by Crippen LogP contribution is -2.41. The second-order valence-electron chi connectivity index (χ2n) is 6.75. The molecular weight excluding hydrogens is 302 g/mol. The highest BCUT2D eigenvalue weighted by atomic mass is 16.5. The first kappa shape index (κ1) is 17.0. The molecule has 0 saturated carbocycles. The molecule has 2 aliphatic rings. The van der Waals surface area contributed by atoms with Crippen molar-refractivity contribution in [2.24, 2.45) is 10.9 Å². The Bertz CT molecular complexity index is 535. The largest absolute Gasteiger partial charge is 0.472 e. The predicted octanol–water partition coefficient (Wildman–Crippen LogP) is 1.45. The third-order valence-corrected chi connectivity index (χ3v) is 4.69. The summed E-state index contributed by atoms with van der Waals surface area (Å²) in [6.07, 6.45) is 4.21. The van der Waals surface area contributed by atoms with Crippen LogP contribution in [0.25, 0.3) is 0 Å². The highest BCUT2D eigenvalue weighted by molar-refractivity contribution is 5.80. The smallest absolute Gasteiger partial charge is 0.213 e. The van der Waals surface area contributed by atoms with E-state index in [2.05, 4.69) is 34.1 Å². The predicted molar refractivity (Wildman–Crippen MR) is 96.4 cm³/mol.